The maximum absolute atomic E-state index is 11.4. The minimum absolute atomic E-state index is 0.110. The van der Waals surface area contributed by atoms with Gasteiger partial charge in [0.05, 0.1) is 10.7 Å². The first-order valence-electron chi connectivity index (χ1n) is 5.57. The number of ether oxygens (including phenoxy) is 2. The average Bonchev–Trinajstić information content (AvgIpc) is 2.34. The number of amides is 1. The van der Waals surface area contributed by atoms with Gasteiger partial charge in [-0.1, -0.05) is 17.7 Å². The van der Waals surface area contributed by atoms with Gasteiger partial charge in [0, 0.05) is 20.3 Å². The SMILES string of the molecule is COCCCNC(=O)COc1c(N)cccc1Cl. The van der Waals surface area contributed by atoms with Crippen LogP contribution in [0.5, 0.6) is 5.75 Å². The standard InChI is InChI=1S/C12H17ClN2O3/c1-17-7-3-6-15-11(16)8-18-12-9(13)4-2-5-10(12)14/h2,4-5H,3,6-8,14H2,1H3,(H,15,16). The summed E-state index contributed by atoms with van der Waals surface area (Å²) in [5.41, 5.74) is 6.10. The van der Waals surface area contributed by atoms with E-state index in [1.165, 1.54) is 0 Å². The summed E-state index contributed by atoms with van der Waals surface area (Å²) in [5, 5.41) is 3.09. The second kappa shape index (κ2) is 7.79. The van der Waals surface area contributed by atoms with Crippen LogP contribution < -0.4 is 15.8 Å². The molecule has 18 heavy (non-hydrogen) atoms. The highest BCUT2D eigenvalue weighted by atomic mass is 35.5. The van der Waals surface area contributed by atoms with E-state index in [0.29, 0.717) is 29.6 Å². The second-order valence-corrected chi connectivity index (χ2v) is 4.05. The van der Waals surface area contributed by atoms with E-state index in [-0.39, 0.29) is 12.5 Å². The van der Waals surface area contributed by atoms with Gasteiger partial charge in [0.15, 0.2) is 12.4 Å². The molecule has 0 heterocycles. The van der Waals surface area contributed by atoms with Crippen LogP contribution >= 0.6 is 11.6 Å². The molecule has 0 fully saturated rings. The first-order valence-corrected chi connectivity index (χ1v) is 5.95. The van der Waals surface area contributed by atoms with Crippen LogP contribution in [0.3, 0.4) is 0 Å². The summed E-state index contributed by atoms with van der Waals surface area (Å²) in [7, 11) is 1.62. The largest absolute Gasteiger partial charge is 0.480 e. The van der Waals surface area contributed by atoms with E-state index in [1.54, 1.807) is 25.3 Å². The molecule has 0 saturated carbocycles. The Morgan fingerprint density at radius 3 is 2.94 bits per heavy atom. The number of nitrogens with two attached hydrogens (primary N) is 1. The number of methoxy groups -OCH3 is 1. The highest BCUT2D eigenvalue weighted by molar-refractivity contribution is 6.32. The summed E-state index contributed by atoms with van der Waals surface area (Å²) in [5.74, 6) is 0.122. The maximum Gasteiger partial charge on any atom is 0.257 e. The lowest BCUT2D eigenvalue weighted by molar-refractivity contribution is -0.123. The van der Waals surface area contributed by atoms with Crippen molar-refractivity contribution in [2.45, 2.75) is 6.42 Å². The van der Waals surface area contributed by atoms with Crippen molar-refractivity contribution >= 4 is 23.2 Å². The van der Waals surface area contributed by atoms with E-state index in [2.05, 4.69) is 5.32 Å². The van der Waals surface area contributed by atoms with E-state index >= 15 is 0 Å². The fourth-order valence-corrected chi connectivity index (χ4v) is 1.55. The van der Waals surface area contributed by atoms with Gasteiger partial charge in [-0.3, -0.25) is 4.79 Å². The molecule has 3 N–H and O–H groups in total. The third kappa shape index (κ3) is 4.81. The molecule has 5 nitrogen and oxygen atoms in total. The fourth-order valence-electron chi connectivity index (χ4n) is 1.31. The number of nitrogens with one attached hydrogen (secondary N) is 1. The highest BCUT2D eigenvalue weighted by Crippen LogP contribution is 2.30. The van der Waals surface area contributed by atoms with Crippen molar-refractivity contribution in [3.8, 4) is 5.75 Å². The molecule has 6 heteroatoms. The van der Waals surface area contributed by atoms with Crippen LogP contribution in [-0.4, -0.2) is 32.8 Å². The third-order valence-corrected chi connectivity index (χ3v) is 2.49. The molecule has 1 aromatic rings. The minimum Gasteiger partial charge on any atom is -0.480 e. The number of halogens is 1. The Morgan fingerprint density at radius 2 is 2.28 bits per heavy atom. The van der Waals surface area contributed by atoms with Crippen molar-refractivity contribution in [2.75, 3.05) is 32.6 Å². The van der Waals surface area contributed by atoms with Crippen LogP contribution in [0.25, 0.3) is 0 Å². The van der Waals surface area contributed by atoms with Gasteiger partial charge < -0.3 is 20.5 Å². The van der Waals surface area contributed by atoms with Gasteiger partial charge in [-0.2, -0.15) is 0 Å². The molecule has 0 aliphatic heterocycles. The first-order chi connectivity index (χ1) is 8.65. The molecule has 0 unspecified atom stereocenters. The molecule has 100 valence electrons. The molecule has 0 bridgehead atoms. The quantitative estimate of drug-likeness (QED) is 0.582. The maximum atomic E-state index is 11.4. The molecule has 0 radical (unpaired) electrons. The summed E-state index contributed by atoms with van der Waals surface area (Å²) < 4.78 is 10.2. The smallest absolute Gasteiger partial charge is 0.257 e. The number of anilines is 1. The van der Waals surface area contributed by atoms with E-state index in [1.807, 2.05) is 0 Å². The van der Waals surface area contributed by atoms with Crippen molar-refractivity contribution in [2.24, 2.45) is 0 Å². The van der Waals surface area contributed by atoms with Gasteiger partial charge >= 0.3 is 0 Å². The normalized spacial score (nSPS) is 10.1. The number of benzene rings is 1. The number of hydrogen-bond acceptors (Lipinski definition) is 4. The first kappa shape index (κ1) is 14.6. The van der Waals surface area contributed by atoms with E-state index < -0.39 is 0 Å². The van der Waals surface area contributed by atoms with E-state index in [4.69, 9.17) is 26.8 Å². The molecule has 1 amide bonds. The summed E-state index contributed by atoms with van der Waals surface area (Å²) in [6.07, 6.45) is 0.760. The zero-order valence-corrected chi connectivity index (χ0v) is 11.0. The van der Waals surface area contributed by atoms with Crippen molar-refractivity contribution in [3.63, 3.8) is 0 Å². The topological polar surface area (TPSA) is 73.6 Å². The van der Waals surface area contributed by atoms with Gasteiger partial charge in [0.1, 0.15) is 0 Å². The zero-order chi connectivity index (χ0) is 13.4. The van der Waals surface area contributed by atoms with Crippen molar-refractivity contribution in [1.82, 2.24) is 5.32 Å². The predicted molar refractivity (Wildman–Crippen MR) is 70.9 cm³/mol. The van der Waals surface area contributed by atoms with Crippen molar-refractivity contribution in [1.29, 1.82) is 0 Å². The molecule has 0 aliphatic rings. The van der Waals surface area contributed by atoms with Gasteiger partial charge in [0.2, 0.25) is 0 Å². The summed E-state index contributed by atoms with van der Waals surface area (Å²) in [6.45, 7) is 1.05. The van der Waals surface area contributed by atoms with Gasteiger partial charge in [-0.25, -0.2) is 0 Å². The van der Waals surface area contributed by atoms with Crippen LogP contribution in [-0.2, 0) is 9.53 Å². The Labute approximate surface area is 111 Å². The lowest BCUT2D eigenvalue weighted by Gasteiger charge is -2.10. The lowest BCUT2D eigenvalue weighted by Crippen LogP contribution is -2.30. The Kier molecular flexibility index (Phi) is 6.32. The minimum atomic E-state index is -0.217. The molecule has 1 aromatic carbocycles. The van der Waals surface area contributed by atoms with Gasteiger partial charge in [0.25, 0.3) is 5.91 Å². The summed E-state index contributed by atoms with van der Waals surface area (Å²) >= 11 is 5.91. The van der Waals surface area contributed by atoms with Crippen LogP contribution in [0.2, 0.25) is 5.02 Å². The Bertz CT molecular complexity index is 379. The Morgan fingerprint density at radius 1 is 1.50 bits per heavy atom. The number of carbonyl (C=O) groups is 1. The molecule has 0 aromatic heterocycles. The van der Waals surface area contributed by atoms with Gasteiger partial charge in [-0.05, 0) is 18.6 Å². The number of rotatable bonds is 7. The summed E-state index contributed by atoms with van der Waals surface area (Å²) in [4.78, 5) is 11.4. The van der Waals surface area contributed by atoms with Crippen molar-refractivity contribution < 1.29 is 14.3 Å². The van der Waals surface area contributed by atoms with Crippen molar-refractivity contribution in [3.05, 3.63) is 23.2 Å². The number of carbonyl (C=O) groups excluding carboxylic acids is 1. The van der Waals surface area contributed by atoms with Gasteiger partial charge in [-0.15, -0.1) is 0 Å². The molecule has 1 rings (SSSR count). The van der Waals surface area contributed by atoms with E-state index in [0.717, 1.165) is 6.42 Å². The van der Waals surface area contributed by atoms with Crippen LogP contribution in [0.15, 0.2) is 18.2 Å². The molecule has 0 aliphatic carbocycles. The molecular weight excluding hydrogens is 256 g/mol. The Balaban J connectivity index is 2.34. The number of para-hydroxylation sites is 1. The molecule has 0 spiro atoms. The van der Waals surface area contributed by atoms with Crippen LogP contribution in [0, 0.1) is 0 Å². The highest BCUT2D eigenvalue weighted by Gasteiger charge is 2.08. The molecule has 0 saturated heterocycles. The molecule has 0 atom stereocenters. The second-order valence-electron chi connectivity index (χ2n) is 3.64. The van der Waals surface area contributed by atoms with E-state index in [9.17, 15) is 4.79 Å². The predicted octanol–water partition coefficient (Wildman–Crippen LogP) is 1.45. The zero-order valence-electron chi connectivity index (χ0n) is 10.2. The average molecular weight is 273 g/mol. The lowest BCUT2D eigenvalue weighted by atomic mass is 10.3. The monoisotopic (exact) mass is 272 g/mol. The van der Waals surface area contributed by atoms with Crippen LogP contribution in [0.4, 0.5) is 5.69 Å². The fraction of sp³-hybridized carbons (Fsp3) is 0.417. The number of hydrogen-bond donors (Lipinski definition) is 2. The number of nitrogen functional groups attached to an aromatic ring is 1. The van der Waals surface area contributed by atoms with Crippen LogP contribution in [0.1, 0.15) is 6.42 Å². The third-order valence-electron chi connectivity index (χ3n) is 2.19. The Hall–Kier alpha value is -1.46. The molecular formula is C12H17ClN2O3. The summed E-state index contributed by atoms with van der Waals surface area (Å²) in [6, 6.07) is 5.04.